The van der Waals surface area contributed by atoms with Gasteiger partial charge in [-0.2, -0.15) is 0 Å². The Kier molecular flexibility index (Phi) is 3.86. The van der Waals surface area contributed by atoms with Crippen molar-refractivity contribution in [3.63, 3.8) is 0 Å². The van der Waals surface area contributed by atoms with Crippen LogP contribution in [0.5, 0.6) is 5.75 Å². The topological polar surface area (TPSA) is 97.2 Å². The third-order valence-electron chi connectivity index (χ3n) is 2.50. The molecule has 1 amide bonds. The molecule has 0 aliphatic carbocycles. The fourth-order valence-corrected chi connectivity index (χ4v) is 2.21. The van der Waals surface area contributed by atoms with E-state index in [4.69, 9.17) is 10.5 Å². The lowest BCUT2D eigenvalue weighted by atomic mass is 10.1. The highest BCUT2D eigenvalue weighted by Gasteiger charge is 2.14. The Hall–Kier alpha value is -2.28. The number of methoxy groups -OCH3 is 1. The summed E-state index contributed by atoms with van der Waals surface area (Å²) >= 11 is 1.05. The lowest BCUT2D eigenvalue weighted by Gasteiger charge is -2.10. The van der Waals surface area contributed by atoms with Crippen LogP contribution in [-0.2, 0) is 6.54 Å². The highest BCUT2D eigenvalue weighted by molar-refractivity contribution is 7.07. The third-order valence-corrected chi connectivity index (χ3v) is 3.22. The van der Waals surface area contributed by atoms with Crippen LogP contribution in [0.1, 0.15) is 16.1 Å². The first-order chi connectivity index (χ1) is 9.11. The number of carbonyl (C=O) groups excluding carboxylic acids is 1. The number of rotatable bonds is 4. The monoisotopic (exact) mass is 279 g/mol. The molecule has 6 nitrogen and oxygen atoms in total. The zero-order chi connectivity index (χ0) is 13.8. The quantitative estimate of drug-likeness (QED) is 0.726. The van der Waals surface area contributed by atoms with Gasteiger partial charge in [0.1, 0.15) is 0 Å². The molecule has 0 atom stereocenters. The molecule has 100 valence electrons. The molecule has 0 radical (unpaired) electrons. The minimum Gasteiger partial charge on any atom is -0.494 e. The van der Waals surface area contributed by atoms with Gasteiger partial charge in [-0.3, -0.25) is 9.59 Å². The molecule has 2 aromatic rings. The molecule has 0 unspecified atom stereocenters. The van der Waals surface area contributed by atoms with Gasteiger partial charge >= 0.3 is 4.87 Å². The van der Waals surface area contributed by atoms with Gasteiger partial charge in [-0.15, -0.1) is 0 Å². The SMILES string of the molecule is COc1c(N)cccc1C(=O)NCc1csc(=O)[nH]1. The molecule has 19 heavy (non-hydrogen) atoms. The van der Waals surface area contributed by atoms with Crippen LogP contribution in [0.15, 0.2) is 28.4 Å². The average molecular weight is 279 g/mol. The summed E-state index contributed by atoms with van der Waals surface area (Å²) in [5, 5.41) is 4.36. The van der Waals surface area contributed by atoms with Gasteiger partial charge in [0.05, 0.1) is 24.9 Å². The Morgan fingerprint density at radius 3 is 2.95 bits per heavy atom. The van der Waals surface area contributed by atoms with E-state index in [0.29, 0.717) is 22.7 Å². The van der Waals surface area contributed by atoms with Gasteiger partial charge in [0, 0.05) is 11.1 Å². The summed E-state index contributed by atoms with van der Waals surface area (Å²) in [6.45, 7) is 0.246. The summed E-state index contributed by atoms with van der Waals surface area (Å²) in [5.41, 5.74) is 7.15. The van der Waals surface area contributed by atoms with E-state index in [2.05, 4.69) is 10.3 Å². The first-order valence-corrected chi connectivity index (χ1v) is 6.37. The van der Waals surface area contributed by atoms with Crippen molar-refractivity contribution in [3.8, 4) is 5.75 Å². The number of aromatic nitrogens is 1. The normalized spacial score (nSPS) is 10.2. The number of nitrogen functional groups attached to an aromatic ring is 1. The second kappa shape index (κ2) is 5.57. The van der Waals surface area contributed by atoms with Crippen LogP contribution in [0, 0.1) is 0 Å². The number of H-pyrrole nitrogens is 1. The number of nitrogens with two attached hydrogens (primary N) is 1. The molecule has 0 aliphatic rings. The molecule has 1 aromatic carbocycles. The molecule has 4 N–H and O–H groups in total. The Labute approximate surface area is 113 Å². The number of carbonyl (C=O) groups is 1. The number of benzene rings is 1. The average Bonchev–Trinajstić information content (AvgIpc) is 2.81. The Morgan fingerprint density at radius 1 is 1.53 bits per heavy atom. The molecule has 7 heteroatoms. The second-order valence-corrected chi connectivity index (χ2v) is 4.63. The lowest BCUT2D eigenvalue weighted by Crippen LogP contribution is -2.24. The van der Waals surface area contributed by atoms with Gasteiger partial charge in [-0.25, -0.2) is 0 Å². The molecule has 0 aliphatic heterocycles. The van der Waals surface area contributed by atoms with E-state index in [1.807, 2.05) is 0 Å². The van der Waals surface area contributed by atoms with Crippen LogP contribution in [0.25, 0.3) is 0 Å². The minimum absolute atomic E-state index is 0.147. The first-order valence-electron chi connectivity index (χ1n) is 5.49. The Bertz CT molecular complexity index is 648. The van der Waals surface area contributed by atoms with Crippen molar-refractivity contribution in [3.05, 3.63) is 44.5 Å². The molecule has 2 rings (SSSR count). The van der Waals surface area contributed by atoms with Crippen LogP contribution in [0.2, 0.25) is 0 Å². The molecule has 1 aromatic heterocycles. The maximum absolute atomic E-state index is 12.0. The smallest absolute Gasteiger partial charge is 0.304 e. The number of ether oxygens (including phenoxy) is 1. The van der Waals surface area contributed by atoms with Gasteiger partial charge in [0.25, 0.3) is 5.91 Å². The van der Waals surface area contributed by atoms with Crippen LogP contribution in [0.4, 0.5) is 5.69 Å². The number of anilines is 1. The number of para-hydroxylation sites is 1. The third kappa shape index (κ3) is 2.94. The lowest BCUT2D eigenvalue weighted by molar-refractivity contribution is 0.0947. The molecule has 0 saturated heterocycles. The van der Waals surface area contributed by atoms with E-state index < -0.39 is 0 Å². The molecule has 0 spiro atoms. The van der Waals surface area contributed by atoms with E-state index in [0.717, 1.165) is 11.3 Å². The maximum Gasteiger partial charge on any atom is 0.304 e. The number of aromatic amines is 1. The predicted octanol–water partition coefficient (Wildman–Crippen LogP) is 0.957. The fourth-order valence-electron chi connectivity index (χ4n) is 1.63. The van der Waals surface area contributed by atoms with Crippen LogP contribution < -0.4 is 20.7 Å². The summed E-state index contributed by atoms with van der Waals surface area (Å²) < 4.78 is 5.11. The van der Waals surface area contributed by atoms with Crippen molar-refractivity contribution < 1.29 is 9.53 Å². The number of amides is 1. The van der Waals surface area contributed by atoms with Crippen molar-refractivity contribution in [2.45, 2.75) is 6.54 Å². The van der Waals surface area contributed by atoms with Crippen molar-refractivity contribution in [1.82, 2.24) is 10.3 Å². The molecular weight excluding hydrogens is 266 g/mol. The van der Waals surface area contributed by atoms with Crippen molar-refractivity contribution >= 4 is 22.9 Å². The largest absolute Gasteiger partial charge is 0.494 e. The highest BCUT2D eigenvalue weighted by Crippen LogP contribution is 2.25. The molecule has 0 bridgehead atoms. The van der Waals surface area contributed by atoms with Crippen molar-refractivity contribution in [1.29, 1.82) is 0 Å². The maximum atomic E-state index is 12.0. The Balaban J connectivity index is 2.12. The van der Waals surface area contributed by atoms with Gasteiger partial charge in [0.2, 0.25) is 0 Å². The van der Waals surface area contributed by atoms with Crippen LogP contribution in [-0.4, -0.2) is 18.0 Å². The zero-order valence-electron chi connectivity index (χ0n) is 10.2. The number of thiazole rings is 1. The summed E-state index contributed by atoms with van der Waals surface area (Å²) in [4.78, 5) is 25.5. The van der Waals surface area contributed by atoms with E-state index in [9.17, 15) is 9.59 Å². The van der Waals surface area contributed by atoms with E-state index >= 15 is 0 Å². The standard InChI is InChI=1S/C12H13N3O3S/c1-18-10-8(3-2-4-9(10)13)11(16)14-5-7-6-19-12(17)15-7/h2-4,6H,5,13H2,1H3,(H,14,16)(H,15,17). The number of hydrogen-bond acceptors (Lipinski definition) is 5. The summed E-state index contributed by atoms with van der Waals surface area (Å²) in [6.07, 6.45) is 0. The van der Waals surface area contributed by atoms with E-state index in [-0.39, 0.29) is 17.3 Å². The van der Waals surface area contributed by atoms with E-state index in [1.165, 1.54) is 7.11 Å². The second-order valence-electron chi connectivity index (χ2n) is 3.78. The molecule has 0 saturated carbocycles. The summed E-state index contributed by atoms with van der Waals surface area (Å²) in [5.74, 6) is 0.0370. The van der Waals surface area contributed by atoms with Gasteiger partial charge in [-0.1, -0.05) is 17.4 Å². The van der Waals surface area contributed by atoms with E-state index in [1.54, 1.807) is 23.6 Å². The predicted molar refractivity (Wildman–Crippen MR) is 73.5 cm³/mol. The Morgan fingerprint density at radius 2 is 2.32 bits per heavy atom. The van der Waals surface area contributed by atoms with Crippen molar-refractivity contribution in [2.24, 2.45) is 0 Å². The summed E-state index contributed by atoms with van der Waals surface area (Å²) in [7, 11) is 1.46. The van der Waals surface area contributed by atoms with Crippen molar-refractivity contribution in [2.75, 3.05) is 12.8 Å². The number of hydrogen-bond donors (Lipinski definition) is 3. The van der Waals surface area contributed by atoms with Gasteiger partial charge in [-0.05, 0) is 12.1 Å². The zero-order valence-corrected chi connectivity index (χ0v) is 11.0. The molecule has 0 fully saturated rings. The minimum atomic E-state index is -0.309. The molecular formula is C12H13N3O3S. The molecule has 1 heterocycles. The fraction of sp³-hybridized carbons (Fsp3) is 0.167. The van der Waals surface area contributed by atoms with Gasteiger partial charge in [0.15, 0.2) is 5.75 Å². The first kappa shape index (κ1) is 13.2. The highest BCUT2D eigenvalue weighted by atomic mass is 32.1. The van der Waals surface area contributed by atoms with Crippen LogP contribution in [0.3, 0.4) is 0 Å². The van der Waals surface area contributed by atoms with Crippen LogP contribution >= 0.6 is 11.3 Å². The summed E-state index contributed by atoms with van der Waals surface area (Å²) in [6, 6.07) is 4.96. The number of nitrogens with one attached hydrogen (secondary N) is 2. The van der Waals surface area contributed by atoms with Gasteiger partial charge < -0.3 is 20.8 Å².